The Morgan fingerprint density at radius 2 is 1.49 bits per heavy atom. The first kappa shape index (κ1) is 24.8. The van der Waals surface area contributed by atoms with Crippen LogP contribution in [0.2, 0.25) is 0 Å². The minimum absolute atomic E-state index is 0.0539. The summed E-state index contributed by atoms with van der Waals surface area (Å²) < 4.78 is 18.8. The molecule has 0 atom stereocenters. The Bertz CT molecular complexity index is 1290. The van der Waals surface area contributed by atoms with Crippen LogP contribution in [0.3, 0.4) is 0 Å². The van der Waals surface area contributed by atoms with E-state index >= 15 is 0 Å². The fourth-order valence-electron chi connectivity index (χ4n) is 3.08. The summed E-state index contributed by atoms with van der Waals surface area (Å²) in [6.07, 6.45) is 0. The van der Waals surface area contributed by atoms with Gasteiger partial charge in [-0.3, -0.25) is 25.0 Å². The Morgan fingerprint density at radius 1 is 0.914 bits per heavy atom. The van der Waals surface area contributed by atoms with Crippen molar-refractivity contribution in [3.63, 3.8) is 0 Å². The number of carbonyl (C=O) groups is 2. The molecule has 2 N–H and O–H groups in total. The van der Waals surface area contributed by atoms with Crippen molar-refractivity contribution in [3.05, 3.63) is 97.3 Å². The maximum absolute atomic E-state index is 13.9. The van der Waals surface area contributed by atoms with Gasteiger partial charge in [-0.05, 0) is 55.8 Å². The first-order valence-corrected chi connectivity index (χ1v) is 10.2. The first-order valence-electron chi connectivity index (χ1n) is 10.2. The summed E-state index contributed by atoms with van der Waals surface area (Å²) in [4.78, 5) is 46.1. The second-order valence-electron chi connectivity index (χ2n) is 7.24. The molecule has 0 heterocycles. The second kappa shape index (κ2) is 10.4. The number of anilines is 3. The van der Waals surface area contributed by atoms with Gasteiger partial charge in [0.15, 0.2) is 5.69 Å². The highest BCUT2D eigenvalue weighted by Crippen LogP contribution is 2.38. The molecule has 0 aliphatic carbocycles. The van der Waals surface area contributed by atoms with Crippen molar-refractivity contribution < 1.29 is 28.6 Å². The maximum Gasteiger partial charge on any atom is 0.338 e. The van der Waals surface area contributed by atoms with Crippen molar-refractivity contribution >= 4 is 40.3 Å². The first-order chi connectivity index (χ1) is 16.6. The number of hydrogen-bond donors (Lipinski definition) is 2. The van der Waals surface area contributed by atoms with Crippen LogP contribution in [-0.4, -0.2) is 28.3 Å². The summed E-state index contributed by atoms with van der Waals surface area (Å²) in [7, 11) is 0. The van der Waals surface area contributed by atoms with Crippen molar-refractivity contribution in [1.82, 2.24) is 0 Å². The lowest BCUT2D eigenvalue weighted by molar-refractivity contribution is -0.392. The largest absolute Gasteiger partial charge is 0.462 e. The van der Waals surface area contributed by atoms with Gasteiger partial charge in [0.1, 0.15) is 5.82 Å². The predicted octanol–water partition coefficient (Wildman–Crippen LogP) is 5.12. The number of nitro groups is 2. The lowest BCUT2D eigenvalue weighted by Crippen LogP contribution is -2.14. The molecule has 3 aromatic carbocycles. The molecule has 0 aliphatic heterocycles. The molecule has 12 heteroatoms. The minimum atomic E-state index is -0.884. The normalized spacial score (nSPS) is 10.4. The van der Waals surface area contributed by atoms with Crippen molar-refractivity contribution in [3.8, 4) is 0 Å². The Morgan fingerprint density at radius 3 is 2.00 bits per heavy atom. The van der Waals surface area contributed by atoms with Gasteiger partial charge in [0, 0.05) is 23.5 Å². The van der Waals surface area contributed by atoms with Gasteiger partial charge in [0.2, 0.25) is 0 Å². The number of ether oxygens (including phenoxy) is 1. The minimum Gasteiger partial charge on any atom is -0.462 e. The third kappa shape index (κ3) is 5.74. The molecule has 0 bridgehead atoms. The maximum atomic E-state index is 13.9. The number of carbonyl (C=O) groups excluding carboxylic acids is 2. The SMILES string of the molecule is CCOC(=O)c1ccc(NC(=O)c2cc([N+](=O)[O-])c(Nc3ccc(C)c(F)c3)c([N+](=O)[O-])c2)cc1. The van der Waals surface area contributed by atoms with Crippen LogP contribution in [0, 0.1) is 33.0 Å². The molecule has 11 nitrogen and oxygen atoms in total. The van der Waals surface area contributed by atoms with Crippen LogP contribution in [0.15, 0.2) is 54.6 Å². The number of amides is 1. The zero-order valence-electron chi connectivity index (χ0n) is 18.5. The van der Waals surface area contributed by atoms with E-state index in [0.29, 0.717) is 5.56 Å². The molecule has 3 rings (SSSR count). The number of esters is 1. The zero-order chi connectivity index (χ0) is 25.7. The predicted molar refractivity (Wildman–Crippen MR) is 125 cm³/mol. The quantitative estimate of drug-likeness (QED) is 0.255. The van der Waals surface area contributed by atoms with Gasteiger partial charge in [-0.15, -0.1) is 0 Å². The highest BCUT2D eigenvalue weighted by molar-refractivity contribution is 6.06. The number of nitrogens with zero attached hydrogens (tertiary/aromatic N) is 2. The van der Waals surface area contributed by atoms with Crippen LogP contribution >= 0.6 is 0 Å². The van der Waals surface area contributed by atoms with E-state index in [1.54, 1.807) is 6.92 Å². The van der Waals surface area contributed by atoms with Crippen molar-refractivity contribution in [2.75, 3.05) is 17.2 Å². The molecule has 180 valence electrons. The van der Waals surface area contributed by atoms with Gasteiger partial charge in [0.05, 0.1) is 27.6 Å². The van der Waals surface area contributed by atoms with Crippen LogP contribution in [0.1, 0.15) is 33.2 Å². The number of halogens is 1. The second-order valence-corrected chi connectivity index (χ2v) is 7.24. The molecule has 0 saturated heterocycles. The van der Waals surface area contributed by atoms with Crippen molar-refractivity contribution in [1.29, 1.82) is 0 Å². The Kier molecular flexibility index (Phi) is 7.34. The average Bonchev–Trinajstić information content (AvgIpc) is 2.81. The van der Waals surface area contributed by atoms with Gasteiger partial charge in [-0.2, -0.15) is 0 Å². The fraction of sp³-hybridized carbons (Fsp3) is 0.130. The van der Waals surface area contributed by atoms with Crippen molar-refractivity contribution in [2.24, 2.45) is 0 Å². The van der Waals surface area contributed by atoms with Crippen LogP contribution in [-0.2, 0) is 4.74 Å². The number of nitro benzene ring substituents is 2. The van der Waals surface area contributed by atoms with E-state index in [2.05, 4.69) is 10.6 Å². The van der Waals surface area contributed by atoms with Gasteiger partial charge in [-0.1, -0.05) is 6.07 Å². The summed E-state index contributed by atoms with van der Waals surface area (Å²) in [5.41, 5.74) is -1.48. The molecule has 0 spiro atoms. The Hall–Kier alpha value is -4.87. The van der Waals surface area contributed by atoms with E-state index in [1.165, 1.54) is 43.3 Å². The van der Waals surface area contributed by atoms with E-state index in [4.69, 9.17) is 4.74 Å². The lowest BCUT2D eigenvalue weighted by Gasteiger charge is -2.11. The molecule has 0 saturated carbocycles. The summed E-state index contributed by atoms with van der Waals surface area (Å²) in [6.45, 7) is 3.37. The molecule has 0 radical (unpaired) electrons. The standard InChI is InChI=1S/C23H19FN4O7/c1-3-35-23(30)14-5-8-16(9-6-14)26-22(29)15-10-19(27(31)32)21(20(11-15)28(33)34)25-17-7-4-13(2)18(24)12-17/h4-12,25H,3H2,1-2H3,(H,26,29). The Labute approximate surface area is 197 Å². The fourth-order valence-corrected chi connectivity index (χ4v) is 3.08. The summed E-state index contributed by atoms with van der Waals surface area (Å²) in [6, 6.07) is 11.3. The molecule has 0 aliphatic rings. The van der Waals surface area contributed by atoms with Crippen molar-refractivity contribution in [2.45, 2.75) is 13.8 Å². The van der Waals surface area contributed by atoms with Gasteiger partial charge < -0.3 is 15.4 Å². The summed E-state index contributed by atoms with van der Waals surface area (Å²) >= 11 is 0. The summed E-state index contributed by atoms with van der Waals surface area (Å²) in [5, 5.41) is 28.4. The Balaban J connectivity index is 1.95. The summed E-state index contributed by atoms with van der Waals surface area (Å²) in [5.74, 6) is -2.01. The smallest absolute Gasteiger partial charge is 0.338 e. The molecule has 3 aromatic rings. The zero-order valence-corrected chi connectivity index (χ0v) is 18.5. The highest BCUT2D eigenvalue weighted by atomic mass is 19.1. The van der Waals surface area contributed by atoms with E-state index in [-0.39, 0.29) is 29.1 Å². The molecule has 1 amide bonds. The number of benzene rings is 3. The molecular formula is C23H19FN4O7. The molecule has 0 fully saturated rings. The average molecular weight is 482 g/mol. The van der Waals surface area contributed by atoms with E-state index < -0.39 is 44.6 Å². The highest BCUT2D eigenvalue weighted by Gasteiger charge is 2.29. The van der Waals surface area contributed by atoms with Crippen LogP contribution < -0.4 is 10.6 Å². The molecule has 0 unspecified atom stereocenters. The van der Waals surface area contributed by atoms with Gasteiger partial charge in [0.25, 0.3) is 5.91 Å². The topological polar surface area (TPSA) is 154 Å². The van der Waals surface area contributed by atoms with Gasteiger partial charge in [-0.25, -0.2) is 9.18 Å². The third-order valence-corrected chi connectivity index (χ3v) is 4.85. The number of nitrogens with one attached hydrogen (secondary N) is 2. The van der Waals surface area contributed by atoms with E-state index in [9.17, 15) is 34.2 Å². The molecular weight excluding hydrogens is 463 g/mol. The van der Waals surface area contributed by atoms with Crippen LogP contribution in [0.5, 0.6) is 0 Å². The molecule has 0 aromatic heterocycles. The number of aryl methyl sites for hydroxylation is 1. The van der Waals surface area contributed by atoms with Crippen LogP contribution in [0.4, 0.5) is 32.8 Å². The number of rotatable bonds is 8. The molecule has 35 heavy (non-hydrogen) atoms. The number of hydrogen-bond acceptors (Lipinski definition) is 8. The van der Waals surface area contributed by atoms with Gasteiger partial charge >= 0.3 is 17.3 Å². The van der Waals surface area contributed by atoms with E-state index in [1.807, 2.05) is 0 Å². The van der Waals surface area contributed by atoms with Crippen LogP contribution in [0.25, 0.3) is 0 Å². The van der Waals surface area contributed by atoms with E-state index in [0.717, 1.165) is 18.2 Å². The monoisotopic (exact) mass is 482 g/mol. The third-order valence-electron chi connectivity index (χ3n) is 4.85. The lowest BCUT2D eigenvalue weighted by atomic mass is 10.1.